The van der Waals surface area contributed by atoms with E-state index in [-0.39, 0.29) is 11.4 Å². The summed E-state index contributed by atoms with van der Waals surface area (Å²) in [5.74, 6) is 5.24. The van der Waals surface area contributed by atoms with Crippen molar-refractivity contribution in [3.63, 3.8) is 0 Å². The summed E-state index contributed by atoms with van der Waals surface area (Å²) in [6.45, 7) is 0. The minimum absolute atomic E-state index is 0.0191. The molecule has 6 aliphatic rings. The smallest absolute Gasteiger partial charge is 0.313 e. The van der Waals surface area contributed by atoms with Gasteiger partial charge >= 0.3 is 5.97 Å². The maximum atomic E-state index is 12.0. The Morgan fingerprint density at radius 2 is 1.86 bits per heavy atom. The van der Waals surface area contributed by atoms with Crippen LogP contribution in [0.2, 0.25) is 0 Å². The van der Waals surface area contributed by atoms with Gasteiger partial charge in [0.1, 0.15) is 0 Å². The van der Waals surface area contributed by atoms with E-state index in [0.29, 0.717) is 3.42 Å². The third-order valence-electron chi connectivity index (χ3n) is 6.12. The second kappa shape index (κ2) is 1.59. The highest BCUT2D eigenvalue weighted by Gasteiger charge is 3.06. The summed E-state index contributed by atoms with van der Waals surface area (Å²) in [5, 5.41) is 0. The predicted octanol–water partition coefficient (Wildman–Crippen LogP) is 1.47. The van der Waals surface area contributed by atoms with Gasteiger partial charge in [0.25, 0.3) is 0 Å². The molecule has 0 aromatic heterocycles. The van der Waals surface area contributed by atoms with Crippen LogP contribution in [-0.2, 0) is 9.53 Å². The van der Waals surface area contributed by atoms with Gasteiger partial charge in [-0.2, -0.15) is 0 Å². The van der Waals surface area contributed by atoms with Crippen LogP contribution in [-0.4, -0.2) is 16.5 Å². The molecule has 0 aromatic carbocycles. The third kappa shape index (κ3) is 0.360. The maximum absolute atomic E-state index is 12.0. The molecule has 8 atom stereocenters. The molecule has 2 nitrogen and oxygen atoms in total. The van der Waals surface area contributed by atoms with Crippen molar-refractivity contribution in [2.45, 2.75) is 9.84 Å². The summed E-state index contributed by atoms with van der Waals surface area (Å²) in [4.78, 5) is 12.0. The molecule has 6 fully saturated rings. The van der Waals surface area contributed by atoms with Crippen molar-refractivity contribution < 1.29 is 9.53 Å². The van der Waals surface area contributed by atoms with Gasteiger partial charge in [-0.05, 0) is 41.9 Å². The minimum atomic E-state index is 0.0191. The Bertz CT molecular complexity index is 378. The molecule has 0 N–H and O–H groups in total. The molecule has 2 unspecified atom stereocenters. The van der Waals surface area contributed by atoms with Crippen LogP contribution in [0.4, 0.5) is 0 Å². The number of alkyl halides is 1. The Kier molecular flexibility index (Phi) is 0.846. The first-order chi connectivity index (χ1) is 6.70. The maximum Gasteiger partial charge on any atom is 0.313 e. The molecule has 0 radical (unpaired) electrons. The average molecular weight is 302 g/mol. The van der Waals surface area contributed by atoms with E-state index in [2.05, 4.69) is 22.6 Å². The molecule has 6 saturated carbocycles. The second-order valence-corrected chi connectivity index (χ2v) is 7.58. The zero-order chi connectivity index (χ0) is 9.46. The van der Waals surface area contributed by atoms with Crippen LogP contribution in [0, 0.1) is 40.9 Å². The number of hydrogen-bond donors (Lipinski definition) is 0. The van der Waals surface area contributed by atoms with Crippen molar-refractivity contribution in [2.75, 3.05) is 7.11 Å². The molecule has 0 aromatic rings. The fourth-order valence-corrected chi connectivity index (χ4v) is 8.68. The second-order valence-electron chi connectivity index (χ2n) is 5.80. The predicted molar refractivity (Wildman–Crippen MR) is 56.8 cm³/mol. The molecule has 2 bridgehead atoms. The van der Waals surface area contributed by atoms with E-state index >= 15 is 0 Å². The van der Waals surface area contributed by atoms with E-state index in [1.807, 2.05) is 0 Å². The van der Waals surface area contributed by atoms with Crippen LogP contribution in [0.5, 0.6) is 0 Å². The Morgan fingerprint density at radius 1 is 1.29 bits per heavy atom. The standard InChI is InChI=1S/C11H11IO2/c1-14-9(13)10-5-3-2-4(6(5)10)8-7(3)11(8,10)12/h3-8H,2H2,1H3/t3-,4+,5-,6-,7-,8+,10?,11?/m0/s1. The number of esters is 1. The molecule has 14 heavy (non-hydrogen) atoms. The molecule has 0 aliphatic heterocycles. The average Bonchev–Trinajstić information content (AvgIpc) is 2.89. The molecular formula is C11H11IO2. The van der Waals surface area contributed by atoms with E-state index in [9.17, 15) is 4.79 Å². The molecule has 3 heteroatoms. The Morgan fingerprint density at radius 3 is 2.21 bits per heavy atom. The van der Waals surface area contributed by atoms with Gasteiger partial charge in [0.2, 0.25) is 0 Å². The Balaban J connectivity index is 1.78. The summed E-state index contributed by atoms with van der Waals surface area (Å²) in [6, 6.07) is 0. The van der Waals surface area contributed by atoms with E-state index < -0.39 is 0 Å². The number of rotatable bonds is 1. The van der Waals surface area contributed by atoms with Gasteiger partial charge in [0.05, 0.1) is 12.5 Å². The normalized spacial score (nSPS) is 77.9. The summed E-state index contributed by atoms with van der Waals surface area (Å²) >= 11 is 2.61. The van der Waals surface area contributed by atoms with Crippen LogP contribution in [0.25, 0.3) is 0 Å². The number of methoxy groups -OCH3 is 1. The van der Waals surface area contributed by atoms with E-state index in [1.54, 1.807) is 7.11 Å². The summed E-state index contributed by atoms with van der Waals surface area (Å²) in [5.41, 5.74) is 0.0191. The molecule has 6 rings (SSSR count). The van der Waals surface area contributed by atoms with Gasteiger partial charge in [-0.25, -0.2) is 0 Å². The number of hydrogen-bond acceptors (Lipinski definition) is 2. The highest BCUT2D eigenvalue weighted by atomic mass is 127. The van der Waals surface area contributed by atoms with Gasteiger partial charge in [-0.3, -0.25) is 4.79 Å². The Labute approximate surface area is 95.9 Å². The number of halogens is 1. The van der Waals surface area contributed by atoms with Crippen LogP contribution < -0.4 is 0 Å². The van der Waals surface area contributed by atoms with Crippen LogP contribution in [0.3, 0.4) is 0 Å². The Hall–Kier alpha value is 0.200. The van der Waals surface area contributed by atoms with Crippen LogP contribution in [0.15, 0.2) is 0 Å². The molecule has 0 heterocycles. The first-order valence-electron chi connectivity index (χ1n) is 5.48. The topological polar surface area (TPSA) is 26.3 Å². The summed E-state index contributed by atoms with van der Waals surface area (Å²) < 4.78 is 5.43. The quantitative estimate of drug-likeness (QED) is 0.417. The minimum Gasteiger partial charge on any atom is -0.469 e. The number of carbonyl (C=O) groups excluding carboxylic acids is 1. The van der Waals surface area contributed by atoms with Crippen LogP contribution >= 0.6 is 22.6 Å². The van der Waals surface area contributed by atoms with Gasteiger partial charge < -0.3 is 4.74 Å². The van der Waals surface area contributed by atoms with Crippen molar-refractivity contribution in [1.82, 2.24) is 0 Å². The lowest BCUT2D eigenvalue weighted by Gasteiger charge is -2.16. The molecule has 0 spiro atoms. The van der Waals surface area contributed by atoms with Crippen molar-refractivity contribution in [1.29, 1.82) is 0 Å². The van der Waals surface area contributed by atoms with Crippen molar-refractivity contribution >= 4 is 28.6 Å². The highest BCUT2D eigenvalue weighted by molar-refractivity contribution is 14.1. The SMILES string of the molecule is COC(=O)C12[C@H]3[C@@H]4C[C@@H]([C@@H]5[C@H]4C51I)[C@@H]32. The first kappa shape index (κ1) is 7.47. The van der Waals surface area contributed by atoms with Crippen molar-refractivity contribution in [3.8, 4) is 0 Å². The molecule has 0 amide bonds. The first-order valence-corrected chi connectivity index (χ1v) is 6.56. The van der Waals surface area contributed by atoms with Gasteiger partial charge in [-0.15, -0.1) is 0 Å². The molecule has 0 saturated heterocycles. The van der Waals surface area contributed by atoms with Crippen molar-refractivity contribution in [2.24, 2.45) is 40.9 Å². The van der Waals surface area contributed by atoms with Gasteiger partial charge in [0, 0.05) is 3.42 Å². The lowest BCUT2D eigenvalue weighted by molar-refractivity contribution is -0.148. The monoisotopic (exact) mass is 302 g/mol. The lowest BCUT2D eigenvalue weighted by atomic mass is 9.98. The van der Waals surface area contributed by atoms with Crippen molar-refractivity contribution in [3.05, 3.63) is 0 Å². The number of ether oxygens (including phenoxy) is 1. The molecule has 74 valence electrons. The van der Waals surface area contributed by atoms with Gasteiger partial charge in [0.15, 0.2) is 0 Å². The largest absolute Gasteiger partial charge is 0.469 e. The fraction of sp³-hybridized carbons (Fsp3) is 0.909. The lowest BCUT2D eigenvalue weighted by Crippen LogP contribution is -2.29. The highest BCUT2D eigenvalue weighted by Crippen LogP contribution is 3.03. The summed E-state index contributed by atoms with van der Waals surface area (Å²) in [6.07, 6.45) is 1.44. The zero-order valence-electron chi connectivity index (χ0n) is 7.87. The molecular weight excluding hydrogens is 291 g/mol. The van der Waals surface area contributed by atoms with E-state index in [1.165, 1.54) is 6.42 Å². The van der Waals surface area contributed by atoms with Gasteiger partial charge in [-0.1, -0.05) is 22.6 Å². The summed E-state index contributed by atoms with van der Waals surface area (Å²) in [7, 11) is 1.56. The zero-order valence-corrected chi connectivity index (χ0v) is 10.0. The number of carbonyl (C=O) groups is 1. The molecule has 6 aliphatic carbocycles. The third-order valence-corrected chi connectivity index (χ3v) is 8.45. The van der Waals surface area contributed by atoms with E-state index in [0.717, 1.165) is 35.5 Å². The van der Waals surface area contributed by atoms with E-state index in [4.69, 9.17) is 4.74 Å². The fourth-order valence-electron chi connectivity index (χ4n) is 6.22. The van der Waals surface area contributed by atoms with Crippen LogP contribution in [0.1, 0.15) is 6.42 Å².